The third kappa shape index (κ3) is 8.47. The second kappa shape index (κ2) is 13.8. The predicted octanol–water partition coefficient (Wildman–Crippen LogP) is 6.23. The van der Waals surface area contributed by atoms with Crippen molar-refractivity contribution in [3.05, 3.63) is 101 Å². The van der Waals surface area contributed by atoms with E-state index in [0.29, 0.717) is 25.3 Å². The standard InChI is InChI=1S/C33H42N2O3/c1-6-7-21-34-32(37)29(22-26-13-9-8-10-14-26)35(23-27-19-17-25(2)18-20-27)31(36)24-38-30-16-12-11-15-28(30)33(3,4)5/h8-20,29H,6-7,21-24H2,1-5H3,(H,34,37). The summed E-state index contributed by atoms with van der Waals surface area (Å²) in [5, 5.41) is 3.06. The number of benzene rings is 3. The van der Waals surface area contributed by atoms with Crippen molar-refractivity contribution in [2.24, 2.45) is 0 Å². The Kier molecular flexibility index (Phi) is 10.5. The lowest BCUT2D eigenvalue weighted by atomic mass is 9.86. The molecule has 1 unspecified atom stereocenters. The number of nitrogens with one attached hydrogen (secondary N) is 1. The molecule has 3 rings (SSSR count). The number of aryl methyl sites for hydroxylation is 1. The monoisotopic (exact) mass is 514 g/mol. The Morgan fingerprint density at radius 3 is 2.21 bits per heavy atom. The minimum Gasteiger partial charge on any atom is -0.483 e. The lowest BCUT2D eigenvalue weighted by molar-refractivity contribution is -0.142. The number of nitrogens with zero attached hydrogens (tertiary/aromatic N) is 1. The molecule has 1 N–H and O–H groups in total. The molecule has 0 fully saturated rings. The van der Waals surface area contributed by atoms with Crippen LogP contribution in [0.4, 0.5) is 0 Å². The second-order valence-corrected chi connectivity index (χ2v) is 10.9. The molecule has 5 nitrogen and oxygen atoms in total. The fourth-order valence-corrected chi connectivity index (χ4v) is 4.38. The van der Waals surface area contributed by atoms with Crippen LogP contribution in [0.15, 0.2) is 78.9 Å². The van der Waals surface area contributed by atoms with Crippen molar-refractivity contribution in [3.63, 3.8) is 0 Å². The molecule has 202 valence electrons. The molecule has 0 aromatic heterocycles. The largest absolute Gasteiger partial charge is 0.483 e. The molecule has 0 saturated heterocycles. The Morgan fingerprint density at radius 1 is 0.895 bits per heavy atom. The van der Waals surface area contributed by atoms with Crippen LogP contribution in [0.2, 0.25) is 0 Å². The van der Waals surface area contributed by atoms with Crippen LogP contribution < -0.4 is 10.1 Å². The Bertz CT molecular complexity index is 1170. The van der Waals surface area contributed by atoms with Crippen molar-refractivity contribution in [1.29, 1.82) is 0 Å². The van der Waals surface area contributed by atoms with Gasteiger partial charge in [-0.25, -0.2) is 0 Å². The van der Waals surface area contributed by atoms with Crippen LogP contribution in [0.1, 0.15) is 62.8 Å². The first-order chi connectivity index (χ1) is 18.2. The zero-order valence-corrected chi connectivity index (χ0v) is 23.5. The van der Waals surface area contributed by atoms with Crippen LogP contribution in [-0.4, -0.2) is 35.9 Å². The van der Waals surface area contributed by atoms with Crippen LogP contribution in [-0.2, 0) is 28.0 Å². The van der Waals surface area contributed by atoms with Gasteiger partial charge in [-0.15, -0.1) is 0 Å². The van der Waals surface area contributed by atoms with Gasteiger partial charge in [0.1, 0.15) is 11.8 Å². The molecular weight excluding hydrogens is 472 g/mol. The minimum atomic E-state index is -0.662. The number of carbonyl (C=O) groups excluding carboxylic acids is 2. The van der Waals surface area contributed by atoms with E-state index >= 15 is 0 Å². The summed E-state index contributed by atoms with van der Waals surface area (Å²) in [5.41, 5.74) is 4.03. The van der Waals surface area contributed by atoms with Gasteiger partial charge in [-0.3, -0.25) is 9.59 Å². The summed E-state index contributed by atoms with van der Waals surface area (Å²) in [4.78, 5) is 29.0. The van der Waals surface area contributed by atoms with Crippen LogP contribution in [0.3, 0.4) is 0 Å². The first kappa shape index (κ1) is 29.0. The first-order valence-corrected chi connectivity index (χ1v) is 13.6. The highest BCUT2D eigenvalue weighted by molar-refractivity contribution is 5.88. The van der Waals surface area contributed by atoms with E-state index in [1.54, 1.807) is 4.90 Å². The van der Waals surface area contributed by atoms with Gasteiger partial charge in [-0.2, -0.15) is 0 Å². The summed E-state index contributed by atoms with van der Waals surface area (Å²) in [6, 6.07) is 25.1. The number of hydrogen-bond donors (Lipinski definition) is 1. The predicted molar refractivity (Wildman–Crippen MR) is 154 cm³/mol. The molecule has 0 aliphatic carbocycles. The van der Waals surface area contributed by atoms with E-state index in [4.69, 9.17) is 4.74 Å². The van der Waals surface area contributed by atoms with E-state index in [1.807, 2.05) is 85.8 Å². The number of unbranched alkanes of at least 4 members (excludes halogenated alkanes) is 1. The lowest BCUT2D eigenvalue weighted by Crippen LogP contribution is -2.51. The maximum Gasteiger partial charge on any atom is 0.261 e. The zero-order chi connectivity index (χ0) is 27.5. The van der Waals surface area contributed by atoms with Gasteiger partial charge >= 0.3 is 0 Å². The maximum absolute atomic E-state index is 13.8. The van der Waals surface area contributed by atoms with Crippen molar-refractivity contribution in [1.82, 2.24) is 10.2 Å². The van der Waals surface area contributed by atoms with Gasteiger partial charge in [0.2, 0.25) is 5.91 Å². The Morgan fingerprint density at radius 2 is 1.55 bits per heavy atom. The van der Waals surface area contributed by atoms with Gasteiger partial charge in [-0.05, 0) is 41.5 Å². The van der Waals surface area contributed by atoms with Crippen molar-refractivity contribution in [3.8, 4) is 5.75 Å². The van der Waals surface area contributed by atoms with Gasteiger partial charge in [0.25, 0.3) is 5.91 Å². The third-order valence-corrected chi connectivity index (χ3v) is 6.62. The van der Waals surface area contributed by atoms with Crippen molar-refractivity contribution >= 4 is 11.8 Å². The molecule has 0 saturated carbocycles. The molecule has 0 heterocycles. The lowest BCUT2D eigenvalue weighted by Gasteiger charge is -2.32. The molecule has 0 aliphatic rings. The third-order valence-electron chi connectivity index (χ3n) is 6.62. The van der Waals surface area contributed by atoms with Crippen molar-refractivity contribution in [2.45, 2.75) is 71.9 Å². The van der Waals surface area contributed by atoms with Gasteiger partial charge in [0.15, 0.2) is 6.61 Å². The van der Waals surface area contributed by atoms with Crippen LogP contribution >= 0.6 is 0 Å². The Hall–Kier alpha value is -3.60. The minimum absolute atomic E-state index is 0.129. The van der Waals surface area contributed by atoms with E-state index in [1.165, 1.54) is 0 Å². The highest BCUT2D eigenvalue weighted by atomic mass is 16.5. The van der Waals surface area contributed by atoms with Crippen LogP contribution in [0.5, 0.6) is 5.75 Å². The average Bonchev–Trinajstić information content (AvgIpc) is 2.90. The summed E-state index contributed by atoms with van der Waals surface area (Å²) < 4.78 is 6.12. The van der Waals surface area contributed by atoms with E-state index < -0.39 is 6.04 Å². The first-order valence-electron chi connectivity index (χ1n) is 13.6. The molecule has 0 spiro atoms. The maximum atomic E-state index is 13.8. The quantitative estimate of drug-likeness (QED) is 0.292. The molecule has 0 aliphatic heterocycles. The fourth-order valence-electron chi connectivity index (χ4n) is 4.38. The summed E-state index contributed by atoms with van der Waals surface area (Å²) in [5.74, 6) is 0.328. The Balaban J connectivity index is 1.91. The summed E-state index contributed by atoms with van der Waals surface area (Å²) >= 11 is 0. The van der Waals surface area contributed by atoms with Crippen molar-refractivity contribution < 1.29 is 14.3 Å². The Labute approximate surface area is 228 Å². The van der Waals surface area contributed by atoms with Gasteiger partial charge < -0.3 is 15.0 Å². The number of amides is 2. The molecule has 5 heteroatoms. The van der Waals surface area contributed by atoms with E-state index in [2.05, 4.69) is 33.0 Å². The van der Waals surface area contributed by atoms with E-state index in [0.717, 1.165) is 35.1 Å². The van der Waals surface area contributed by atoms with Gasteiger partial charge in [0.05, 0.1) is 0 Å². The smallest absolute Gasteiger partial charge is 0.261 e. The number of rotatable bonds is 12. The van der Waals surface area contributed by atoms with Gasteiger partial charge in [0, 0.05) is 19.5 Å². The number of carbonyl (C=O) groups is 2. The summed E-state index contributed by atoms with van der Waals surface area (Å²) in [6.45, 7) is 11.3. The van der Waals surface area contributed by atoms with Crippen LogP contribution in [0, 0.1) is 6.92 Å². The van der Waals surface area contributed by atoms with Crippen LogP contribution in [0.25, 0.3) is 0 Å². The normalized spacial score (nSPS) is 12.0. The molecule has 1 atom stereocenters. The fraction of sp³-hybridized carbons (Fsp3) is 0.394. The van der Waals surface area contributed by atoms with Crippen molar-refractivity contribution in [2.75, 3.05) is 13.2 Å². The number of hydrogen-bond acceptors (Lipinski definition) is 3. The average molecular weight is 515 g/mol. The highest BCUT2D eigenvalue weighted by Crippen LogP contribution is 2.31. The number of para-hydroxylation sites is 1. The SMILES string of the molecule is CCCCNC(=O)C(Cc1ccccc1)N(Cc1ccc(C)cc1)C(=O)COc1ccccc1C(C)(C)C. The molecule has 0 radical (unpaired) electrons. The molecule has 2 amide bonds. The zero-order valence-electron chi connectivity index (χ0n) is 23.5. The highest BCUT2D eigenvalue weighted by Gasteiger charge is 2.31. The topological polar surface area (TPSA) is 58.6 Å². The molecular formula is C33H42N2O3. The second-order valence-electron chi connectivity index (χ2n) is 10.9. The summed E-state index contributed by atoms with van der Waals surface area (Å²) in [6.07, 6.45) is 2.30. The number of ether oxygens (including phenoxy) is 1. The molecule has 38 heavy (non-hydrogen) atoms. The van der Waals surface area contributed by atoms with E-state index in [9.17, 15) is 9.59 Å². The molecule has 3 aromatic carbocycles. The summed E-state index contributed by atoms with van der Waals surface area (Å²) in [7, 11) is 0. The van der Waals surface area contributed by atoms with Gasteiger partial charge in [-0.1, -0.05) is 112 Å². The molecule has 0 bridgehead atoms. The van der Waals surface area contributed by atoms with E-state index in [-0.39, 0.29) is 23.8 Å². The molecule has 3 aromatic rings.